The lowest BCUT2D eigenvalue weighted by atomic mass is 10.1. The molecule has 0 bridgehead atoms. The predicted octanol–water partition coefficient (Wildman–Crippen LogP) is 2.22. The highest BCUT2D eigenvalue weighted by Gasteiger charge is 2.27. The van der Waals surface area contributed by atoms with E-state index >= 15 is 0 Å². The van der Waals surface area contributed by atoms with E-state index in [9.17, 15) is 4.79 Å². The van der Waals surface area contributed by atoms with Gasteiger partial charge in [-0.1, -0.05) is 11.6 Å². The van der Waals surface area contributed by atoms with E-state index in [1.807, 2.05) is 27.7 Å². The average molecular weight is 335 g/mol. The van der Waals surface area contributed by atoms with Crippen LogP contribution >= 0.6 is 0 Å². The second-order valence-electron chi connectivity index (χ2n) is 6.61. The van der Waals surface area contributed by atoms with Gasteiger partial charge in [-0.15, -0.1) is 0 Å². The number of rotatable bonds is 7. The van der Waals surface area contributed by atoms with Crippen molar-refractivity contribution in [3.63, 3.8) is 0 Å². The molecule has 1 aliphatic heterocycles. The number of aromatic nitrogens is 2. The highest BCUT2D eigenvalue weighted by Crippen LogP contribution is 2.14. The number of allylic oxidation sites excluding steroid dienone is 1. The number of nitrogens with zero attached hydrogens (tertiary/aromatic N) is 1. The molecule has 0 unspecified atom stereocenters. The molecule has 0 radical (unpaired) electrons. The van der Waals surface area contributed by atoms with Gasteiger partial charge in [-0.25, -0.2) is 0 Å². The van der Waals surface area contributed by atoms with Crippen LogP contribution in [0.3, 0.4) is 0 Å². The van der Waals surface area contributed by atoms with E-state index < -0.39 is 0 Å². The maximum Gasteiger partial charge on any atom is 0.220 e. The number of ether oxygens (including phenoxy) is 2. The van der Waals surface area contributed by atoms with Crippen LogP contribution in [-0.2, 0) is 20.7 Å². The monoisotopic (exact) mass is 335 g/mol. The van der Waals surface area contributed by atoms with Gasteiger partial charge in [-0.2, -0.15) is 5.10 Å². The molecule has 2 rings (SSSR count). The van der Waals surface area contributed by atoms with Gasteiger partial charge in [0, 0.05) is 25.1 Å². The number of hydrogen-bond donors (Lipinski definition) is 2. The molecule has 0 aromatic carbocycles. The first kappa shape index (κ1) is 18.7. The summed E-state index contributed by atoms with van der Waals surface area (Å²) < 4.78 is 11.4. The Kier molecular flexibility index (Phi) is 6.99. The number of aromatic amines is 1. The van der Waals surface area contributed by atoms with Gasteiger partial charge in [0.2, 0.25) is 5.91 Å². The van der Waals surface area contributed by atoms with E-state index in [1.165, 1.54) is 5.57 Å². The highest BCUT2D eigenvalue weighted by atomic mass is 16.5. The van der Waals surface area contributed by atoms with Crippen molar-refractivity contribution in [2.75, 3.05) is 19.8 Å². The first-order valence-corrected chi connectivity index (χ1v) is 8.60. The van der Waals surface area contributed by atoms with Crippen molar-refractivity contribution in [1.29, 1.82) is 0 Å². The fourth-order valence-electron chi connectivity index (χ4n) is 2.68. The van der Waals surface area contributed by atoms with Gasteiger partial charge in [0.25, 0.3) is 0 Å². The third-order valence-electron chi connectivity index (χ3n) is 4.38. The maximum atomic E-state index is 12.3. The van der Waals surface area contributed by atoms with Crippen molar-refractivity contribution in [2.24, 2.45) is 0 Å². The third-order valence-corrected chi connectivity index (χ3v) is 4.38. The van der Waals surface area contributed by atoms with Gasteiger partial charge in [-0.3, -0.25) is 9.89 Å². The van der Waals surface area contributed by atoms with E-state index in [2.05, 4.69) is 21.6 Å². The fourth-order valence-corrected chi connectivity index (χ4v) is 2.68. The predicted molar refractivity (Wildman–Crippen MR) is 92.9 cm³/mol. The summed E-state index contributed by atoms with van der Waals surface area (Å²) in [5, 5.41) is 10.3. The van der Waals surface area contributed by atoms with Crippen LogP contribution in [0.1, 0.15) is 43.6 Å². The summed E-state index contributed by atoms with van der Waals surface area (Å²) in [5.41, 5.74) is 4.37. The minimum Gasteiger partial charge on any atom is -0.379 e. The van der Waals surface area contributed by atoms with E-state index in [4.69, 9.17) is 9.47 Å². The summed E-state index contributed by atoms with van der Waals surface area (Å²) in [5.74, 6) is 0.0152. The molecule has 6 nitrogen and oxygen atoms in total. The molecule has 1 amide bonds. The average Bonchev–Trinajstić information content (AvgIpc) is 2.86. The number of carbonyl (C=O) groups excluding carboxylic acids is 1. The summed E-state index contributed by atoms with van der Waals surface area (Å²) in [6.45, 7) is 9.86. The normalized spacial score (nSPS) is 20.7. The van der Waals surface area contributed by atoms with Crippen LogP contribution in [0.15, 0.2) is 11.6 Å². The molecule has 24 heavy (non-hydrogen) atoms. The minimum atomic E-state index is -0.0844. The van der Waals surface area contributed by atoms with Crippen LogP contribution in [0.2, 0.25) is 0 Å². The third kappa shape index (κ3) is 5.46. The first-order chi connectivity index (χ1) is 11.5. The Morgan fingerprint density at radius 2 is 2.25 bits per heavy atom. The lowest BCUT2D eigenvalue weighted by molar-refractivity contribution is -0.125. The van der Waals surface area contributed by atoms with E-state index in [0.29, 0.717) is 32.7 Å². The van der Waals surface area contributed by atoms with Gasteiger partial charge in [0.15, 0.2) is 0 Å². The van der Waals surface area contributed by atoms with Crippen molar-refractivity contribution in [3.05, 3.63) is 28.6 Å². The Bertz CT molecular complexity index is 576. The quantitative estimate of drug-likeness (QED) is 0.749. The van der Waals surface area contributed by atoms with Gasteiger partial charge in [0.05, 0.1) is 31.1 Å². The highest BCUT2D eigenvalue weighted by molar-refractivity contribution is 5.76. The molecule has 1 fully saturated rings. The topological polar surface area (TPSA) is 76.2 Å². The molecule has 1 aliphatic rings. The van der Waals surface area contributed by atoms with E-state index in [1.54, 1.807) is 0 Å². The Morgan fingerprint density at radius 1 is 1.46 bits per heavy atom. The molecule has 2 N–H and O–H groups in total. The van der Waals surface area contributed by atoms with Crippen LogP contribution in [-0.4, -0.2) is 48.1 Å². The molecular weight excluding hydrogens is 306 g/mol. The van der Waals surface area contributed by atoms with E-state index in [-0.39, 0.29) is 18.1 Å². The largest absolute Gasteiger partial charge is 0.379 e. The summed E-state index contributed by atoms with van der Waals surface area (Å²) in [6.07, 6.45) is 3.92. The molecule has 2 heterocycles. The Hall–Kier alpha value is -1.66. The summed E-state index contributed by atoms with van der Waals surface area (Å²) in [7, 11) is 0. The van der Waals surface area contributed by atoms with Crippen LogP contribution in [0, 0.1) is 13.8 Å². The zero-order valence-corrected chi connectivity index (χ0v) is 15.1. The lowest BCUT2D eigenvalue weighted by Gasteiger charge is -2.31. The van der Waals surface area contributed by atoms with Crippen LogP contribution in [0.25, 0.3) is 0 Å². The molecule has 1 aromatic rings. The van der Waals surface area contributed by atoms with Crippen molar-refractivity contribution in [1.82, 2.24) is 15.5 Å². The SMILES string of the molecule is CC(C)=CCO[C@@H]1CCOC[C@@H]1NC(=O)CCc1n[nH]c(C)c1C. The lowest BCUT2D eigenvalue weighted by Crippen LogP contribution is -2.50. The summed E-state index contributed by atoms with van der Waals surface area (Å²) in [4.78, 5) is 12.3. The number of nitrogens with one attached hydrogen (secondary N) is 2. The van der Waals surface area contributed by atoms with Crippen LogP contribution < -0.4 is 5.32 Å². The standard InChI is InChI=1S/C18H29N3O3/c1-12(2)7-10-24-17-8-9-23-11-16(17)19-18(22)6-5-15-13(3)14(4)20-21-15/h7,16-17H,5-6,8-11H2,1-4H3,(H,19,22)(H,20,21)/t16-,17+/m0/s1. The zero-order chi connectivity index (χ0) is 17.5. The Balaban J connectivity index is 1.81. The minimum absolute atomic E-state index is 0.00710. The second-order valence-corrected chi connectivity index (χ2v) is 6.61. The van der Waals surface area contributed by atoms with Crippen molar-refractivity contribution in [3.8, 4) is 0 Å². The molecule has 1 saturated heterocycles. The molecule has 6 heteroatoms. The van der Waals surface area contributed by atoms with Crippen molar-refractivity contribution >= 4 is 5.91 Å². The molecular formula is C18H29N3O3. The van der Waals surface area contributed by atoms with Crippen molar-refractivity contribution < 1.29 is 14.3 Å². The molecule has 0 saturated carbocycles. The number of amides is 1. The molecule has 1 aromatic heterocycles. The van der Waals surface area contributed by atoms with Gasteiger partial charge < -0.3 is 14.8 Å². The summed E-state index contributed by atoms with van der Waals surface area (Å²) in [6, 6.07) is -0.0844. The molecule has 2 atom stereocenters. The van der Waals surface area contributed by atoms with Crippen LogP contribution in [0.4, 0.5) is 0 Å². The molecule has 0 aliphatic carbocycles. The van der Waals surface area contributed by atoms with Crippen LogP contribution in [0.5, 0.6) is 0 Å². The van der Waals surface area contributed by atoms with E-state index in [0.717, 1.165) is 23.4 Å². The van der Waals surface area contributed by atoms with Crippen molar-refractivity contribution in [2.45, 2.75) is 59.1 Å². The Morgan fingerprint density at radius 3 is 2.92 bits per heavy atom. The number of H-pyrrole nitrogens is 1. The smallest absolute Gasteiger partial charge is 0.220 e. The van der Waals surface area contributed by atoms with Gasteiger partial charge in [0.1, 0.15) is 0 Å². The van der Waals surface area contributed by atoms with Gasteiger partial charge in [-0.05, 0) is 39.7 Å². The van der Waals surface area contributed by atoms with Gasteiger partial charge >= 0.3 is 0 Å². The molecule has 0 spiro atoms. The number of carbonyl (C=O) groups is 1. The fraction of sp³-hybridized carbons (Fsp3) is 0.667. The zero-order valence-electron chi connectivity index (χ0n) is 15.1. The first-order valence-electron chi connectivity index (χ1n) is 8.60. The summed E-state index contributed by atoms with van der Waals surface area (Å²) >= 11 is 0. The number of hydrogen-bond acceptors (Lipinski definition) is 4. The maximum absolute atomic E-state index is 12.3. The second kappa shape index (κ2) is 8.99. The molecule has 134 valence electrons. The Labute approximate surface area is 144 Å². The number of aryl methyl sites for hydroxylation is 2.